The van der Waals surface area contributed by atoms with Gasteiger partial charge in [-0.2, -0.15) is 0 Å². The summed E-state index contributed by atoms with van der Waals surface area (Å²) < 4.78 is 10.8. The predicted octanol–water partition coefficient (Wildman–Crippen LogP) is 5.30. The summed E-state index contributed by atoms with van der Waals surface area (Å²) in [6.45, 7) is 6.01. The number of hydrogen-bond donors (Lipinski definition) is 1. The Bertz CT molecular complexity index is 1110. The average Bonchev–Trinajstić information content (AvgIpc) is 3.53. The van der Waals surface area contributed by atoms with E-state index in [1.54, 1.807) is 13.8 Å². The Morgan fingerprint density at radius 1 is 1.03 bits per heavy atom. The summed E-state index contributed by atoms with van der Waals surface area (Å²) >= 11 is 3.03. The highest BCUT2D eigenvalue weighted by Gasteiger charge is 2.49. The Labute approximate surface area is 207 Å². The summed E-state index contributed by atoms with van der Waals surface area (Å²) in [6.07, 6.45) is 1.99. The molecule has 1 aliphatic carbocycles. The highest BCUT2D eigenvalue weighted by Crippen LogP contribution is 2.50. The predicted molar refractivity (Wildman–Crippen MR) is 133 cm³/mol. The number of thiophene rings is 2. The largest absolute Gasteiger partial charge is 0.465 e. The Kier molecular flexibility index (Phi) is 7.68. The van der Waals surface area contributed by atoms with Crippen molar-refractivity contribution < 1.29 is 23.9 Å². The summed E-state index contributed by atoms with van der Waals surface area (Å²) in [5.41, 5.74) is 2.54. The zero-order valence-corrected chi connectivity index (χ0v) is 21.2. The van der Waals surface area contributed by atoms with Gasteiger partial charge in [0.2, 0.25) is 0 Å². The molecule has 0 bridgehead atoms. The maximum Gasteiger partial charge on any atom is 0.336 e. The minimum absolute atomic E-state index is 0.201. The molecule has 3 heterocycles. The van der Waals surface area contributed by atoms with Crippen LogP contribution in [0.15, 0.2) is 57.6 Å². The second kappa shape index (κ2) is 10.7. The van der Waals surface area contributed by atoms with Crippen molar-refractivity contribution in [2.45, 2.75) is 51.9 Å². The molecule has 0 aromatic carbocycles. The number of carbonyl (C=O) groups excluding carboxylic acids is 3. The summed E-state index contributed by atoms with van der Waals surface area (Å²) in [4.78, 5) is 42.3. The molecule has 0 saturated heterocycles. The molecule has 0 spiro atoms. The van der Waals surface area contributed by atoms with E-state index in [9.17, 15) is 14.4 Å². The SMILES string of the molecule is CCCC1=C(C(=O)OCC)[C@H](c2cccs2)C2=C(C[C@@H](c3cccs3)[C@H](C(=O)OCC)C2=O)N1. The van der Waals surface area contributed by atoms with Crippen molar-refractivity contribution in [1.29, 1.82) is 0 Å². The quantitative estimate of drug-likeness (QED) is 0.392. The first-order valence-corrected chi connectivity index (χ1v) is 13.4. The average molecular weight is 500 g/mol. The molecule has 0 unspecified atom stereocenters. The highest BCUT2D eigenvalue weighted by atomic mass is 32.1. The van der Waals surface area contributed by atoms with Crippen molar-refractivity contribution in [3.63, 3.8) is 0 Å². The summed E-state index contributed by atoms with van der Waals surface area (Å²) in [5, 5.41) is 7.34. The van der Waals surface area contributed by atoms with Crippen LogP contribution < -0.4 is 5.32 Å². The lowest BCUT2D eigenvalue weighted by Gasteiger charge is -2.39. The molecule has 2 aromatic rings. The van der Waals surface area contributed by atoms with Gasteiger partial charge >= 0.3 is 11.9 Å². The molecule has 3 atom stereocenters. The van der Waals surface area contributed by atoms with Crippen LogP contribution in [0.4, 0.5) is 0 Å². The topological polar surface area (TPSA) is 81.7 Å². The van der Waals surface area contributed by atoms with Gasteiger partial charge in [-0.25, -0.2) is 4.79 Å². The van der Waals surface area contributed by atoms with Crippen LogP contribution in [0, 0.1) is 5.92 Å². The maximum atomic E-state index is 14.1. The van der Waals surface area contributed by atoms with E-state index >= 15 is 0 Å². The van der Waals surface area contributed by atoms with Gasteiger partial charge in [-0.3, -0.25) is 9.59 Å². The monoisotopic (exact) mass is 499 g/mol. The van der Waals surface area contributed by atoms with Crippen molar-refractivity contribution in [2.75, 3.05) is 13.2 Å². The van der Waals surface area contributed by atoms with E-state index in [2.05, 4.69) is 12.2 Å². The van der Waals surface area contributed by atoms with Crippen molar-refractivity contribution in [3.8, 4) is 0 Å². The van der Waals surface area contributed by atoms with Crippen LogP contribution in [0.2, 0.25) is 0 Å². The third-order valence-electron chi connectivity index (χ3n) is 6.18. The summed E-state index contributed by atoms with van der Waals surface area (Å²) in [5.74, 6) is -3.04. The van der Waals surface area contributed by atoms with Crippen LogP contribution >= 0.6 is 22.7 Å². The minimum atomic E-state index is -0.946. The van der Waals surface area contributed by atoms with Gasteiger partial charge in [0.15, 0.2) is 5.78 Å². The third kappa shape index (κ3) is 4.49. The number of nitrogens with one attached hydrogen (secondary N) is 1. The maximum absolute atomic E-state index is 14.1. The van der Waals surface area contributed by atoms with E-state index in [0.717, 1.165) is 27.6 Å². The van der Waals surface area contributed by atoms with Gasteiger partial charge in [-0.1, -0.05) is 25.5 Å². The molecule has 0 radical (unpaired) electrons. The summed E-state index contributed by atoms with van der Waals surface area (Å²) in [6, 6.07) is 7.74. The smallest absolute Gasteiger partial charge is 0.336 e. The van der Waals surface area contributed by atoms with E-state index in [-0.39, 0.29) is 24.9 Å². The van der Waals surface area contributed by atoms with Crippen LogP contribution in [0.25, 0.3) is 0 Å². The van der Waals surface area contributed by atoms with E-state index < -0.39 is 23.8 Å². The molecule has 0 fully saturated rings. The molecule has 4 rings (SSSR count). The Morgan fingerprint density at radius 2 is 1.71 bits per heavy atom. The van der Waals surface area contributed by atoms with E-state index in [1.165, 1.54) is 22.7 Å². The first-order chi connectivity index (χ1) is 16.5. The Balaban J connectivity index is 1.88. The van der Waals surface area contributed by atoms with Crippen LogP contribution in [0.3, 0.4) is 0 Å². The molecule has 180 valence electrons. The second-order valence-electron chi connectivity index (χ2n) is 8.25. The lowest BCUT2D eigenvalue weighted by Crippen LogP contribution is -2.43. The number of rotatable bonds is 8. The molecule has 1 N–H and O–H groups in total. The Hall–Kier alpha value is -2.71. The zero-order valence-electron chi connectivity index (χ0n) is 19.6. The van der Waals surface area contributed by atoms with Gasteiger partial charge in [0.05, 0.1) is 24.7 Å². The van der Waals surface area contributed by atoms with Crippen molar-refractivity contribution >= 4 is 40.4 Å². The molecule has 0 saturated carbocycles. The van der Waals surface area contributed by atoms with E-state index in [4.69, 9.17) is 9.47 Å². The van der Waals surface area contributed by atoms with Gasteiger partial charge in [0.25, 0.3) is 0 Å². The summed E-state index contributed by atoms with van der Waals surface area (Å²) in [7, 11) is 0. The van der Waals surface area contributed by atoms with Gasteiger partial charge in [-0.05, 0) is 49.6 Å². The number of carbonyl (C=O) groups is 3. The van der Waals surface area contributed by atoms with Gasteiger partial charge < -0.3 is 14.8 Å². The molecule has 34 heavy (non-hydrogen) atoms. The van der Waals surface area contributed by atoms with Crippen LogP contribution in [0.1, 0.15) is 61.6 Å². The fourth-order valence-electron chi connectivity index (χ4n) is 4.86. The number of hydrogen-bond acceptors (Lipinski definition) is 8. The van der Waals surface area contributed by atoms with Gasteiger partial charge in [0.1, 0.15) is 5.92 Å². The number of ketones is 1. The van der Waals surface area contributed by atoms with Crippen molar-refractivity contribution in [3.05, 3.63) is 67.3 Å². The number of dihydropyridines is 1. The molecule has 2 aromatic heterocycles. The molecule has 1 aliphatic heterocycles. The molecular formula is C26H29NO5S2. The van der Waals surface area contributed by atoms with Gasteiger partial charge in [-0.15, -0.1) is 22.7 Å². The van der Waals surface area contributed by atoms with Crippen LogP contribution in [0.5, 0.6) is 0 Å². The molecular weight excluding hydrogens is 470 g/mol. The number of ether oxygens (including phenoxy) is 2. The van der Waals surface area contributed by atoms with Gasteiger partial charge in [0, 0.05) is 32.6 Å². The third-order valence-corrected chi connectivity index (χ3v) is 8.12. The van der Waals surface area contributed by atoms with Crippen molar-refractivity contribution in [1.82, 2.24) is 5.32 Å². The second-order valence-corrected chi connectivity index (χ2v) is 10.2. The molecule has 2 aliphatic rings. The fraction of sp³-hybridized carbons (Fsp3) is 0.423. The number of allylic oxidation sites excluding steroid dienone is 3. The lowest BCUT2D eigenvalue weighted by molar-refractivity contribution is -0.152. The Morgan fingerprint density at radius 3 is 2.29 bits per heavy atom. The fourth-order valence-corrected chi connectivity index (χ4v) is 6.57. The van der Waals surface area contributed by atoms with Crippen molar-refractivity contribution in [2.24, 2.45) is 5.92 Å². The number of esters is 2. The van der Waals surface area contributed by atoms with E-state index in [1.807, 2.05) is 35.0 Å². The van der Waals surface area contributed by atoms with Crippen LogP contribution in [-0.4, -0.2) is 30.9 Å². The number of Topliss-reactive ketones (excluding diaryl/α,β-unsaturated/α-hetero) is 1. The van der Waals surface area contributed by atoms with E-state index in [0.29, 0.717) is 24.0 Å². The first kappa shape index (κ1) is 24.4. The standard InChI is InChI=1S/C26H29NO5S2/c1-4-9-16-22(26(30)32-6-3)23(19-11-8-13-34-19)21-17(27-16)14-15(18-10-7-12-33-18)20(24(21)28)25(29)31-5-2/h7-8,10-13,15,20,23,27H,4-6,9,14H2,1-3H3/t15-,20-,23+/m0/s1. The van der Waals surface area contributed by atoms with Crippen LogP contribution in [-0.2, 0) is 23.9 Å². The molecule has 0 amide bonds. The highest BCUT2D eigenvalue weighted by molar-refractivity contribution is 7.10. The normalized spacial score (nSPS) is 22.3. The molecule has 8 heteroatoms. The minimum Gasteiger partial charge on any atom is -0.465 e. The molecule has 6 nitrogen and oxygen atoms in total. The first-order valence-electron chi connectivity index (χ1n) is 11.7. The zero-order chi connectivity index (χ0) is 24.2. The lowest BCUT2D eigenvalue weighted by atomic mass is 9.69.